The van der Waals surface area contributed by atoms with E-state index in [4.69, 9.17) is 0 Å². The van der Waals surface area contributed by atoms with E-state index < -0.39 is 0 Å². The van der Waals surface area contributed by atoms with Crippen molar-refractivity contribution >= 4 is 5.91 Å². The fourth-order valence-corrected chi connectivity index (χ4v) is 4.28. The molecule has 4 heteroatoms. The molecule has 2 aliphatic heterocycles. The first-order valence-electron chi connectivity index (χ1n) is 9.36. The van der Waals surface area contributed by atoms with Crippen molar-refractivity contribution in [2.75, 3.05) is 46.3 Å². The number of benzene rings is 1. The van der Waals surface area contributed by atoms with Crippen LogP contribution in [0.15, 0.2) is 30.3 Å². The van der Waals surface area contributed by atoms with Crippen LogP contribution in [0.2, 0.25) is 0 Å². The number of carbonyl (C=O) groups is 1. The van der Waals surface area contributed by atoms with Gasteiger partial charge in [0.1, 0.15) is 0 Å². The number of nitrogens with zero attached hydrogens (tertiary/aromatic N) is 3. The Morgan fingerprint density at radius 3 is 2.29 bits per heavy atom. The second kappa shape index (κ2) is 7.66. The minimum Gasteiger partial charge on any atom is -0.345 e. The third-order valence-electron chi connectivity index (χ3n) is 5.99. The maximum Gasteiger partial charge on any atom is 0.219 e. The summed E-state index contributed by atoms with van der Waals surface area (Å²) >= 11 is 0. The Labute approximate surface area is 146 Å². The molecule has 0 aliphatic carbocycles. The molecule has 0 radical (unpaired) electrons. The third-order valence-corrected chi connectivity index (χ3v) is 5.99. The van der Waals surface area contributed by atoms with Crippen LogP contribution in [0.25, 0.3) is 0 Å². The maximum atomic E-state index is 11.4. The van der Waals surface area contributed by atoms with E-state index in [1.165, 1.54) is 44.3 Å². The predicted octanol–water partition coefficient (Wildman–Crippen LogP) is 2.55. The predicted molar refractivity (Wildman–Crippen MR) is 97.9 cm³/mol. The van der Waals surface area contributed by atoms with Crippen LogP contribution in [-0.2, 0) is 10.3 Å². The van der Waals surface area contributed by atoms with Gasteiger partial charge in [-0.05, 0) is 44.3 Å². The summed E-state index contributed by atoms with van der Waals surface area (Å²) in [5.41, 5.74) is 1.72. The Kier molecular flexibility index (Phi) is 5.57. The first kappa shape index (κ1) is 17.4. The van der Waals surface area contributed by atoms with Gasteiger partial charge in [-0.1, -0.05) is 30.3 Å². The quantitative estimate of drug-likeness (QED) is 0.831. The van der Waals surface area contributed by atoms with Crippen molar-refractivity contribution in [3.63, 3.8) is 0 Å². The molecule has 0 atom stereocenters. The lowest BCUT2D eigenvalue weighted by Crippen LogP contribution is -2.53. The molecule has 2 saturated heterocycles. The molecule has 132 valence electrons. The molecule has 2 heterocycles. The Bertz CT molecular complexity index is 531. The highest BCUT2D eigenvalue weighted by atomic mass is 16.2. The van der Waals surface area contributed by atoms with Crippen molar-refractivity contribution in [3.05, 3.63) is 35.9 Å². The highest BCUT2D eigenvalue weighted by Gasteiger charge is 2.41. The minimum atomic E-state index is 0.155. The molecule has 0 bridgehead atoms. The van der Waals surface area contributed by atoms with Gasteiger partial charge in [0.2, 0.25) is 5.91 Å². The standard InChI is InChI=1S/C20H31N3O/c1-18(24)21(2)16-17-22-14-10-20(11-15-22,23-12-6-7-13-23)19-8-4-3-5-9-19/h3-5,8-9H,6-7,10-17H2,1-2H3. The average molecular weight is 329 g/mol. The van der Waals surface area contributed by atoms with Gasteiger partial charge >= 0.3 is 0 Å². The molecular formula is C20H31N3O. The van der Waals surface area contributed by atoms with E-state index in [1.807, 2.05) is 11.9 Å². The van der Waals surface area contributed by atoms with Crippen molar-refractivity contribution in [3.8, 4) is 0 Å². The summed E-state index contributed by atoms with van der Waals surface area (Å²) in [5.74, 6) is 0.155. The molecule has 1 amide bonds. The van der Waals surface area contributed by atoms with Crippen LogP contribution < -0.4 is 0 Å². The molecule has 3 rings (SSSR count). The number of hydrogen-bond donors (Lipinski definition) is 0. The van der Waals surface area contributed by atoms with Crippen molar-refractivity contribution in [2.24, 2.45) is 0 Å². The molecule has 0 spiro atoms. The molecular weight excluding hydrogens is 298 g/mol. The van der Waals surface area contributed by atoms with E-state index in [-0.39, 0.29) is 11.4 Å². The number of likely N-dealkylation sites (tertiary alicyclic amines) is 2. The number of rotatable bonds is 5. The molecule has 4 nitrogen and oxygen atoms in total. The Hall–Kier alpha value is -1.39. The number of carbonyl (C=O) groups excluding carboxylic acids is 1. The summed E-state index contributed by atoms with van der Waals surface area (Å²) in [6, 6.07) is 11.1. The summed E-state index contributed by atoms with van der Waals surface area (Å²) in [6.07, 6.45) is 5.06. The van der Waals surface area contributed by atoms with Crippen LogP contribution in [-0.4, -0.2) is 66.9 Å². The maximum absolute atomic E-state index is 11.4. The fraction of sp³-hybridized carbons (Fsp3) is 0.650. The lowest BCUT2D eigenvalue weighted by Gasteiger charge is -2.48. The zero-order valence-corrected chi connectivity index (χ0v) is 15.2. The molecule has 0 aromatic heterocycles. The van der Waals surface area contributed by atoms with E-state index >= 15 is 0 Å². The molecule has 1 aromatic carbocycles. The molecule has 2 aliphatic rings. The number of piperidine rings is 1. The Morgan fingerprint density at radius 1 is 1.08 bits per heavy atom. The zero-order valence-electron chi connectivity index (χ0n) is 15.2. The molecule has 1 aromatic rings. The lowest BCUT2D eigenvalue weighted by atomic mass is 9.79. The van der Waals surface area contributed by atoms with Crippen LogP contribution in [0, 0.1) is 0 Å². The van der Waals surface area contributed by atoms with Crippen LogP contribution in [0.5, 0.6) is 0 Å². The fourth-order valence-electron chi connectivity index (χ4n) is 4.28. The monoisotopic (exact) mass is 329 g/mol. The van der Waals surface area contributed by atoms with Crippen molar-refractivity contribution in [2.45, 2.75) is 38.1 Å². The molecule has 24 heavy (non-hydrogen) atoms. The van der Waals surface area contributed by atoms with Gasteiger partial charge in [-0.3, -0.25) is 9.69 Å². The lowest BCUT2D eigenvalue weighted by molar-refractivity contribution is -0.127. The summed E-state index contributed by atoms with van der Waals surface area (Å²) < 4.78 is 0. The van der Waals surface area contributed by atoms with E-state index in [1.54, 1.807) is 6.92 Å². The smallest absolute Gasteiger partial charge is 0.219 e. The normalized spacial score (nSPS) is 21.8. The zero-order chi connectivity index (χ0) is 17.0. The highest BCUT2D eigenvalue weighted by molar-refractivity contribution is 5.72. The summed E-state index contributed by atoms with van der Waals surface area (Å²) in [5, 5.41) is 0. The minimum absolute atomic E-state index is 0.155. The van der Waals surface area contributed by atoms with Crippen LogP contribution in [0.1, 0.15) is 38.2 Å². The number of hydrogen-bond acceptors (Lipinski definition) is 3. The van der Waals surface area contributed by atoms with Gasteiger partial charge in [0.05, 0.1) is 0 Å². The Morgan fingerprint density at radius 2 is 1.71 bits per heavy atom. The van der Waals surface area contributed by atoms with Gasteiger partial charge in [-0.25, -0.2) is 0 Å². The molecule has 0 saturated carbocycles. The van der Waals surface area contributed by atoms with E-state index in [0.29, 0.717) is 0 Å². The van der Waals surface area contributed by atoms with Gasteiger partial charge in [0, 0.05) is 45.7 Å². The second-order valence-electron chi connectivity index (χ2n) is 7.37. The molecule has 2 fully saturated rings. The summed E-state index contributed by atoms with van der Waals surface area (Å²) in [7, 11) is 1.89. The van der Waals surface area contributed by atoms with Gasteiger partial charge in [-0.15, -0.1) is 0 Å². The molecule has 0 unspecified atom stereocenters. The van der Waals surface area contributed by atoms with Crippen LogP contribution in [0.4, 0.5) is 0 Å². The highest BCUT2D eigenvalue weighted by Crippen LogP contribution is 2.40. The van der Waals surface area contributed by atoms with Crippen molar-refractivity contribution in [1.29, 1.82) is 0 Å². The first-order chi connectivity index (χ1) is 11.6. The SMILES string of the molecule is CC(=O)N(C)CCN1CCC(c2ccccc2)(N2CCCC2)CC1. The van der Waals surface area contributed by atoms with E-state index in [2.05, 4.69) is 40.1 Å². The topological polar surface area (TPSA) is 26.8 Å². The number of amides is 1. The Balaban J connectivity index is 1.66. The van der Waals surface area contributed by atoms with Gasteiger partial charge in [0.15, 0.2) is 0 Å². The van der Waals surface area contributed by atoms with Crippen LogP contribution >= 0.6 is 0 Å². The van der Waals surface area contributed by atoms with Gasteiger partial charge in [-0.2, -0.15) is 0 Å². The van der Waals surface area contributed by atoms with E-state index in [9.17, 15) is 4.79 Å². The third kappa shape index (κ3) is 3.65. The van der Waals surface area contributed by atoms with Gasteiger partial charge in [0.25, 0.3) is 0 Å². The summed E-state index contributed by atoms with van der Waals surface area (Å²) in [4.78, 5) is 18.5. The van der Waals surface area contributed by atoms with E-state index in [0.717, 1.165) is 26.2 Å². The number of likely N-dealkylation sites (N-methyl/N-ethyl adjacent to an activating group) is 1. The average Bonchev–Trinajstić information content (AvgIpc) is 3.16. The first-order valence-corrected chi connectivity index (χ1v) is 9.36. The largest absolute Gasteiger partial charge is 0.345 e. The van der Waals surface area contributed by atoms with Crippen molar-refractivity contribution in [1.82, 2.24) is 14.7 Å². The van der Waals surface area contributed by atoms with Crippen LogP contribution in [0.3, 0.4) is 0 Å². The second-order valence-corrected chi connectivity index (χ2v) is 7.37. The summed E-state index contributed by atoms with van der Waals surface area (Å²) in [6.45, 7) is 8.18. The van der Waals surface area contributed by atoms with Crippen molar-refractivity contribution < 1.29 is 4.79 Å². The molecule has 0 N–H and O–H groups in total. The van der Waals surface area contributed by atoms with Gasteiger partial charge < -0.3 is 9.80 Å².